The number of carbonyl (C=O) groups is 1. The standard InChI is InChI=1S/C23H27NO5/c1-16(2)28-20-12-18(27-15-17-8-6-5-7-9-17)13-21-19(20)14-22(29-21)23(25)26-11-10-24(3)4/h5-9,12-14,16H,10-11,15H2,1-4H3. The van der Waals surface area contributed by atoms with Crippen molar-refractivity contribution in [2.45, 2.75) is 26.6 Å². The lowest BCUT2D eigenvalue weighted by Gasteiger charge is -2.13. The monoisotopic (exact) mass is 397 g/mol. The van der Waals surface area contributed by atoms with Gasteiger partial charge in [0.2, 0.25) is 5.76 Å². The number of ether oxygens (including phenoxy) is 3. The lowest BCUT2D eigenvalue weighted by Crippen LogP contribution is -2.19. The van der Waals surface area contributed by atoms with Gasteiger partial charge in [-0.15, -0.1) is 0 Å². The van der Waals surface area contributed by atoms with Crippen molar-refractivity contribution in [3.05, 3.63) is 59.9 Å². The van der Waals surface area contributed by atoms with Gasteiger partial charge in [0.25, 0.3) is 0 Å². The Labute approximate surface area is 171 Å². The van der Waals surface area contributed by atoms with Crippen molar-refractivity contribution in [2.75, 3.05) is 27.2 Å². The Hall–Kier alpha value is -2.99. The van der Waals surface area contributed by atoms with Gasteiger partial charge in [0.15, 0.2) is 0 Å². The SMILES string of the molecule is CC(C)Oc1cc(OCc2ccccc2)cc2oc(C(=O)OCCN(C)C)cc12. The molecular weight excluding hydrogens is 370 g/mol. The first kappa shape index (κ1) is 20.7. The predicted octanol–water partition coefficient (Wildman–Crippen LogP) is 4.52. The van der Waals surface area contributed by atoms with Crippen LogP contribution in [0.5, 0.6) is 11.5 Å². The molecule has 0 saturated carbocycles. The van der Waals surface area contributed by atoms with Crippen LogP contribution in [0.2, 0.25) is 0 Å². The zero-order chi connectivity index (χ0) is 20.8. The minimum Gasteiger partial charge on any atom is -0.490 e. The number of hydrogen-bond donors (Lipinski definition) is 0. The second-order valence-corrected chi connectivity index (χ2v) is 7.32. The molecule has 29 heavy (non-hydrogen) atoms. The Balaban J connectivity index is 1.83. The smallest absolute Gasteiger partial charge is 0.374 e. The maximum atomic E-state index is 12.3. The van der Waals surface area contributed by atoms with Crippen LogP contribution in [0.3, 0.4) is 0 Å². The lowest BCUT2D eigenvalue weighted by molar-refractivity contribution is 0.0448. The summed E-state index contributed by atoms with van der Waals surface area (Å²) in [6.07, 6.45) is -0.0343. The van der Waals surface area contributed by atoms with Gasteiger partial charge in [0, 0.05) is 24.7 Å². The molecule has 0 radical (unpaired) electrons. The first-order chi connectivity index (χ1) is 13.9. The van der Waals surface area contributed by atoms with Crippen LogP contribution in [0.25, 0.3) is 11.0 Å². The van der Waals surface area contributed by atoms with E-state index in [1.165, 1.54) is 0 Å². The number of furan rings is 1. The van der Waals surface area contributed by atoms with E-state index in [4.69, 9.17) is 18.6 Å². The molecule has 6 heteroatoms. The highest BCUT2D eigenvalue weighted by atomic mass is 16.5. The zero-order valence-corrected chi connectivity index (χ0v) is 17.3. The highest BCUT2D eigenvalue weighted by molar-refractivity contribution is 5.95. The first-order valence-electron chi connectivity index (χ1n) is 9.65. The molecule has 0 amide bonds. The van der Waals surface area contributed by atoms with Crippen LogP contribution in [-0.4, -0.2) is 44.2 Å². The van der Waals surface area contributed by atoms with E-state index in [2.05, 4.69) is 0 Å². The molecule has 0 aliphatic heterocycles. The number of esters is 1. The van der Waals surface area contributed by atoms with Crippen LogP contribution in [0.4, 0.5) is 0 Å². The van der Waals surface area contributed by atoms with E-state index in [1.807, 2.05) is 69.2 Å². The predicted molar refractivity (Wildman–Crippen MR) is 112 cm³/mol. The summed E-state index contributed by atoms with van der Waals surface area (Å²) in [6, 6.07) is 15.1. The van der Waals surface area contributed by atoms with E-state index in [1.54, 1.807) is 12.1 Å². The molecule has 3 aromatic rings. The van der Waals surface area contributed by atoms with Crippen molar-refractivity contribution in [1.82, 2.24) is 4.90 Å². The third kappa shape index (κ3) is 5.74. The van der Waals surface area contributed by atoms with Gasteiger partial charge in [-0.3, -0.25) is 0 Å². The molecular formula is C23H27NO5. The van der Waals surface area contributed by atoms with Gasteiger partial charge in [-0.2, -0.15) is 0 Å². The van der Waals surface area contributed by atoms with Crippen LogP contribution in [0, 0.1) is 0 Å². The summed E-state index contributed by atoms with van der Waals surface area (Å²) < 4.78 is 22.9. The van der Waals surface area contributed by atoms with E-state index in [9.17, 15) is 4.79 Å². The van der Waals surface area contributed by atoms with E-state index in [-0.39, 0.29) is 11.9 Å². The summed E-state index contributed by atoms with van der Waals surface area (Å²) in [7, 11) is 3.84. The van der Waals surface area contributed by atoms with Gasteiger partial charge in [-0.05, 0) is 33.5 Å². The largest absolute Gasteiger partial charge is 0.490 e. The topological polar surface area (TPSA) is 61.1 Å². The Morgan fingerprint density at radius 1 is 1.10 bits per heavy atom. The third-order valence-corrected chi connectivity index (χ3v) is 4.16. The second-order valence-electron chi connectivity index (χ2n) is 7.32. The average molecular weight is 397 g/mol. The molecule has 0 spiro atoms. The van der Waals surface area contributed by atoms with Crippen LogP contribution >= 0.6 is 0 Å². The van der Waals surface area contributed by atoms with Gasteiger partial charge < -0.3 is 23.5 Å². The van der Waals surface area contributed by atoms with Crippen molar-refractivity contribution in [1.29, 1.82) is 0 Å². The highest BCUT2D eigenvalue weighted by Crippen LogP contribution is 2.35. The zero-order valence-electron chi connectivity index (χ0n) is 17.3. The van der Waals surface area contributed by atoms with E-state index in [0.29, 0.717) is 42.2 Å². The minimum atomic E-state index is -0.495. The number of rotatable bonds is 9. The highest BCUT2D eigenvalue weighted by Gasteiger charge is 2.18. The van der Waals surface area contributed by atoms with E-state index in [0.717, 1.165) is 5.56 Å². The fraction of sp³-hybridized carbons (Fsp3) is 0.348. The third-order valence-electron chi connectivity index (χ3n) is 4.16. The van der Waals surface area contributed by atoms with Crippen LogP contribution in [0.1, 0.15) is 30.0 Å². The second kappa shape index (κ2) is 9.47. The fourth-order valence-corrected chi connectivity index (χ4v) is 2.75. The number of hydrogen-bond acceptors (Lipinski definition) is 6. The summed E-state index contributed by atoms with van der Waals surface area (Å²) in [6.45, 7) is 5.25. The number of fused-ring (bicyclic) bond motifs is 1. The summed E-state index contributed by atoms with van der Waals surface area (Å²) in [5.41, 5.74) is 1.58. The average Bonchev–Trinajstić information content (AvgIpc) is 3.11. The Morgan fingerprint density at radius 3 is 2.55 bits per heavy atom. The normalized spacial score (nSPS) is 11.2. The van der Waals surface area contributed by atoms with Gasteiger partial charge in [-0.1, -0.05) is 30.3 Å². The maximum absolute atomic E-state index is 12.3. The molecule has 2 aromatic carbocycles. The van der Waals surface area contributed by atoms with Crippen molar-refractivity contribution < 1.29 is 23.4 Å². The van der Waals surface area contributed by atoms with Gasteiger partial charge in [0.05, 0.1) is 11.5 Å². The molecule has 0 saturated heterocycles. The fourth-order valence-electron chi connectivity index (χ4n) is 2.75. The van der Waals surface area contributed by atoms with Crippen molar-refractivity contribution >= 4 is 16.9 Å². The minimum absolute atomic E-state index is 0.0343. The molecule has 6 nitrogen and oxygen atoms in total. The van der Waals surface area contributed by atoms with Crippen LogP contribution in [0.15, 0.2) is 52.9 Å². The van der Waals surface area contributed by atoms with Crippen molar-refractivity contribution in [3.8, 4) is 11.5 Å². The van der Waals surface area contributed by atoms with E-state index < -0.39 is 5.97 Å². The molecule has 0 aliphatic rings. The van der Waals surface area contributed by atoms with Crippen LogP contribution < -0.4 is 9.47 Å². The quantitative estimate of drug-likeness (QED) is 0.495. The molecule has 0 fully saturated rings. The molecule has 0 atom stereocenters. The number of benzene rings is 2. The Morgan fingerprint density at radius 2 is 1.86 bits per heavy atom. The lowest BCUT2D eigenvalue weighted by atomic mass is 10.2. The molecule has 0 bridgehead atoms. The first-order valence-corrected chi connectivity index (χ1v) is 9.65. The Kier molecular flexibility index (Phi) is 6.77. The van der Waals surface area contributed by atoms with Crippen molar-refractivity contribution in [2.24, 2.45) is 0 Å². The molecule has 1 aromatic heterocycles. The number of likely N-dealkylation sites (N-methyl/N-ethyl adjacent to an activating group) is 1. The summed E-state index contributed by atoms with van der Waals surface area (Å²) >= 11 is 0. The maximum Gasteiger partial charge on any atom is 0.374 e. The molecule has 3 rings (SSSR count). The summed E-state index contributed by atoms with van der Waals surface area (Å²) in [4.78, 5) is 14.3. The van der Waals surface area contributed by atoms with Crippen molar-refractivity contribution in [3.63, 3.8) is 0 Å². The summed E-state index contributed by atoms with van der Waals surface area (Å²) in [5.74, 6) is 0.869. The summed E-state index contributed by atoms with van der Waals surface area (Å²) in [5, 5.41) is 0.713. The number of nitrogens with zero attached hydrogens (tertiary/aromatic N) is 1. The molecule has 0 unspecified atom stereocenters. The van der Waals surface area contributed by atoms with E-state index >= 15 is 0 Å². The molecule has 1 heterocycles. The van der Waals surface area contributed by atoms with Gasteiger partial charge in [-0.25, -0.2) is 4.79 Å². The van der Waals surface area contributed by atoms with Gasteiger partial charge in [0.1, 0.15) is 30.3 Å². The number of carbonyl (C=O) groups excluding carboxylic acids is 1. The molecule has 154 valence electrons. The van der Waals surface area contributed by atoms with Gasteiger partial charge >= 0.3 is 5.97 Å². The molecule has 0 N–H and O–H groups in total. The van der Waals surface area contributed by atoms with Crippen LogP contribution in [-0.2, 0) is 11.3 Å². The Bertz CT molecular complexity index is 947. The molecule has 0 aliphatic carbocycles.